The van der Waals surface area contributed by atoms with E-state index in [1.165, 1.54) is 6.92 Å². The monoisotopic (exact) mass is 1330 g/mol. The number of carbonyl (C=O) groups is 5. The molecule has 40 heteroatoms. The predicted octanol–water partition coefficient (Wildman–Crippen LogP) is -7.12. The molecule has 6 unspecified atom stereocenters. The lowest BCUT2D eigenvalue weighted by molar-refractivity contribution is -0.343. The average Bonchev–Trinajstić information content (AvgIpc) is 2.52. The number of carboxylic acids is 1. The second-order valence-corrected chi connectivity index (χ2v) is 24.7. The Morgan fingerprint density at radius 3 is 1.95 bits per heavy atom. The molecular weight excluding hydrogens is 1250 g/mol. The summed E-state index contributed by atoms with van der Waals surface area (Å²) < 4.78 is 155. The van der Waals surface area contributed by atoms with E-state index >= 15 is 0 Å². The van der Waals surface area contributed by atoms with Crippen molar-refractivity contribution in [2.24, 2.45) is 17.8 Å². The van der Waals surface area contributed by atoms with E-state index in [-0.39, 0.29) is 77.7 Å². The van der Waals surface area contributed by atoms with Gasteiger partial charge in [0, 0.05) is 38.9 Å². The van der Waals surface area contributed by atoms with Gasteiger partial charge in [0.2, 0.25) is 48.9 Å². The highest BCUT2D eigenvalue weighted by Gasteiger charge is 2.53. The van der Waals surface area contributed by atoms with E-state index < -0.39 is 190 Å². The summed E-state index contributed by atoms with van der Waals surface area (Å²) in [6.07, 6.45) is -12.3. The first-order valence-electron chi connectivity index (χ1n) is 28.1. The maximum Gasteiger partial charge on any atom is 0.273 e. The SMILES string of the molecule is CCC1CC(C(=O)NCCNC(=O)CCOCCOCCNC(=O)c2cn(C(COS(=O)(=O)[O-])(COS(=O)(=O)[O-])COS(=O)(=O)[O-])nn2)C[C@@H](O[C@@H]2O[C@@H](CO)[C@H](O)C(O[C@@H](CC3CCCCC3)C(=O)[O-])C2NC(C)=O)[C@@H]1O[C@@H]1OC(C)[C@@H](O)[C@H](O)C1O. The summed E-state index contributed by atoms with van der Waals surface area (Å²) in [5.41, 5.74) is -3.28. The Hall–Kier alpha value is -4.38. The Morgan fingerprint density at radius 1 is 0.761 bits per heavy atom. The minimum Gasteiger partial charge on any atom is -0.726 e. The van der Waals surface area contributed by atoms with Crippen LogP contribution in [0.3, 0.4) is 0 Å². The number of nitrogens with zero attached hydrogens (tertiary/aromatic N) is 3. The molecule has 1 aromatic heterocycles. The van der Waals surface area contributed by atoms with E-state index in [1.807, 2.05) is 0 Å². The van der Waals surface area contributed by atoms with Crippen LogP contribution in [0.4, 0.5) is 0 Å². The fourth-order valence-electron chi connectivity index (χ4n) is 10.5. The van der Waals surface area contributed by atoms with E-state index in [0.717, 1.165) is 39.0 Å². The number of hydrogen-bond donors (Lipinski definition) is 9. The Bertz CT molecular complexity index is 2670. The maximum absolute atomic E-state index is 13.9. The van der Waals surface area contributed by atoms with Crippen molar-refractivity contribution < 1.29 is 139 Å². The van der Waals surface area contributed by atoms with E-state index in [2.05, 4.69) is 44.1 Å². The van der Waals surface area contributed by atoms with Gasteiger partial charge in [-0.3, -0.25) is 31.7 Å². The lowest BCUT2D eigenvalue weighted by Crippen LogP contribution is -2.67. The molecule has 3 heterocycles. The predicted molar refractivity (Wildman–Crippen MR) is 282 cm³/mol. The van der Waals surface area contributed by atoms with Crippen LogP contribution in [0.25, 0.3) is 0 Å². The first-order chi connectivity index (χ1) is 41.3. The zero-order valence-electron chi connectivity index (χ0n) is 48.2. The zero-order chi connectivity index (χ0) is 65.1. The first kappa shape index (κ1) is 74.3. The van der Waals surface area contributed by atoms with E-state index in [0.29, 0.717) is 17.3 Å². The van der Waals surface area contributed by atoms with Gasteiger partial charge in [0.05, 0.1) is 89.4 Å². The number of carboxylic acid groups (broad SMARTS) is 1. The molecule has 88 heavy (non-hydrogen) atoms. The third-order valence-corrected chi connectivity index (χ3v) is 16.3. The van der Waals surface area contributed by atoms with Crippen molar-refractivity contribution in [1.29, 1.82) is 0 Å². The van der Waals surface area contributed by atoms with Gasteiger partial charge in [-0.05, 0) is 38.0 Å². The van der Waals surface area contributed by atoms with Crippen LogP contribution in [0.2, 0.25) is 0 Å². The highest BCUT2D eigenvalue weighted by Crippen LogP contribution is 2.40. The summed E-state index contributed by atoms with van der Waals surface area (Å²) in [5, 5.41) is 83.9. The second-order valence-electron chi connectivity index (χ2n) is 21.5. The molecule has 15 atom stereocenters. The highest BCUT2D eigenvalue weighted by atomic mass is 32.3. The largest absolute Gasteiger partial charge is 0.726 e. The van der Waals surface area contributed by atoms with Crippen molar-refractivity contribution in [2.45, 2.75) is 170 Å². The number of aliphatic hydroxyl groups excluding tert-OH is 5. The Morgan fingerprint density at radius 2 is 1.38 bits per heavy atom. The van der Waals surface area contributed by atoms with Crippen molar-refractivity contribution in [1.82, 2.24) is 36.3 Å². The molecule has 0 aromatic carbocycles. The van der Waals surface area contributed by atoms with Crippen LogP contribution in [-0.4, -0.2) is 261 Å². The third kappa shape index (κ3) is 23.4. The van der Waals surface area contributed by atoms with Crippen LogP contribution in [0.1, 0.15) is 95.5 Å². The molecule has 37 nitrogen and oxygen atoms in total. The van der Waals surface area contributed by atoms with Gasteiger partial charge in [-0.15, -0.1) is 5.10 Å². The number of amides is 4. The summed E-state index contributed by atoms with van der Waals surface area (Å²) in [6.45, 7) is -1.51. The summed E-state index contributed by atoms with van der Waals surface area (Å²) in [7, 11) is -16.8. The second kappa shape index (κ2) is 34.3. The van der Waals surface area contributed by atoms with Gasteiger partial charge < -0.3 is 104 Å². The van der Waals surface area contributed by atoms with Crippen molar-refractivity contribution in [3.05, 3.63) is 11.9 Å². The van der Waals surface area contributed by atoms with E-state index in [1.54, 1.807) is 6.92 Å². The van der Waals surface area contributed by atoms with Gasteiger partial charge in [-0.1, -0.05) is 50.7 Å². The minimum absolute atomic E-state index is 0.0191. The van der Waals surface area contributed by atoms with Crippen LogP contribution < -0.4 is 26.4 Å². The summed E-state index contributed by atoms with van der Waals surface area (Å²) in [4.78, 5) is 64.7. The fourth-order valence-corrected chi connectivity index (χ4v) is 11.6. The molecule has 4 fully saturated rings. The topological polar surface area (TPSA) is 552 Å². The standard InChI is InChI=1S/C48H81N7O30S3/c1-4-29-19-30(20-32(41(29)85-47-40(62)39(61)37(59)26(2)81-47)83-46-36(52-27(3)57)42(38(60)34(22-56)84-46)82-33(45(65)66)18-28-8-6-5-7-9-28)43(63)50-12-11-49-35(58)10-14-76-16-17-77-15-13-51-44(64)31-21-55(54-53-31)48(23-78-86(67,68)69,24-79-87(70,71)72)25-80-88(73,74)75/h21,26,28-30,32-34,36-42,46-47,56,59-62H,4-20,22-25H2,1-3H3,(H,49,58)(H,50,63)(H,51,64)(H,52,57)(H,65,66)(H,67,68,69)(H,70,71,72)(H,73,74,75)/p-4/t26?,29?,30?,32-,33+,34+,36?,37-,38+,39+,40?,41-,42?,46-,47+/m1/s1. The molecule has 2 aliphatic heterocycles. The number of aromatic nitrogens is 3. The quantitative estimate of drug-likeness (QED) is 0.0171. The number of nitrogens with one attached hydrogen (secondary N) is 4. The van der Waals surface area contributed by atoms with Crippen LogP contribution in [0.5, 0.6) is 0 Å². The van der Waals surface area contributed by atoms with Crippen LogP contribution in [-0.2, 0) is 102 Å². The molecule has 0 spiro atoms. The molecule has 4 amide bonds. The third-order valence-electron chi connectivity index (χ3n) is 15.1. The van der Waals surface area contributed by atoms with Crippen molar-refractivity contribution in [2.75, 3.05) is 72.5 Å². The molecule has 2 saturated heterocycles. The van der Waals surface area contributed by atoms with Gasteiger partial charge in [-0.2, -0.15) is 0 Å². The molecule has 0 radical (unpaired) electrons. The van der Waals surface area contributed by atoms with Crippen molar-refractivity contribution in [3.63, 3.8) is 0 Å². The number of aliphatic carboxylic acids is 1. The molecule has 2 saturated carbocycles. The Labute approximate surface area is 506 Å². The Balaban J connectivity index is 1.12. The number of rotatable bonds is 36. The zero-order valence-corrected chi connectivity index (χ0v) is 50.6. The molecule has 4 aliphatic rings. The summed E-state index contributed by atoms with van der Waals surface area (Å²) in [5.74, 6) is -5.53. The van der Waals surface area contributed by atoms with Gasteiger partial charge in [0.15, 0.2) is 18.3 Å². The molecule has 2 aliphatic carbocycles. The van der Waals surface area contributed by atoms with Crippen molar-refractivity contribution in [3.8, 4) is 0 Å². The van der Waals surface area contributed by atoms with Gasteiger partial charge in [0.1, 0.15) is 48.2 Å². The summed E-state index contributed by atoms with van der Waals surface area (Å²) in [6, 6.07) is -1.43. The van der Waals surface area contributed by atoms with Gasteiger partial charge >= 0.3 is 0 Å². The van der Waals surface area contributed by atoms with Crippen LogP contribution in [0, 0.1) is 17.8 Å². The Kier molecular flexibility index (Phi) is 29.0. The van der Waals surface area contributed by atoms with E-state index in [9.17, 15) is 93.5 Å². The van der Waals surface area contributed by atoms with Gasteiger partial charge in [0.25, 0.3) is 5.91 Å². The molecule has 5 rings (SSSR count). The molecule has 506 valence electrons. The molecule has 9 N–H and O–H groups in total. The normalized spacial score (nSPS) is 28.8. The maximum atomic E-state index is 13.9. The lowest BCUT2D eigenvalue weighted by Gasteiger charge is -2.49. The smallest absolute Gasteiger partial charge is 0.273 e. The number of carbonyl (C=O) groups excluding carboxylic acids is 5. The highest BCUT2D eigenvalue weighted by molar-refractivity contribution is 7.81. The van der Waals surface area contributed by atoms with Crippen LogP contribution in [0.15, 0.2) is 6.20 Å². The average molecular weight is 1330 g/mol. The first-order valence-corrected chi connectivity index (χ1v) is 32.1. The fraction of sp³-hybridized carbons (Fsp3) is 0.854. The molecule has 0 bridgehead atoms. The van der Waals surface area contributed by atoms with Crippen LogP contribution >= 0.6 is 0 Å². The lowest BCUT2D eigenvalue weighted by atomic mass is 9.75. The van der Waals surface area contributed by atoms with E-state index in [4.69, 9.17) is 33.2 Å². The molecular formula is C48H77N7O30S3-4. The minimum atomic E-state index is -5.60. The van der Waals surface area contributed by atoms with Gasteiger partial charge in [-0.25, -0.2) is 29.9 Å². The number of hydrogen-bond acceptors (Lipinski definition) is 32. The number of aliphatic hydroxyl groups is 5. The van der Waals surface area contributed by atoms with Crippen molar-refractivity contribution >= 4 is 60.8 Å². The summed E-state index contributed by atoms with van der Waals surface area (Å²) >= 11 is 0. The number of ether oxygens (including phenoxy) is 7. The molecule has 1 aromatic rings.